The second-order valence-corrected chi connectivity index (χ2v) is 8.10. The van der Waals surface area contributed by atoms with E-state index in [1.807, 2.05) is 6.07 Å². The summed E-state index contributed by atoms with van der Waals surface area (Å²) in [4.78, 5) is 30.0. The molecule has 2 amide bonds. The van der Waals surface area contributed by atoms with E-state index in [2.05, 4.69) is 15.5 Å². The predicted molar refractivity (Wildman–Crippen MR) is 119 cm³/mol. The maximum absolute atomic E-state index is 13.6. The summed E-state index contributed by atoms with van der Waals surface area (Å²) in [5.41, 5.74) is -1.31. The number of likely N-dealkylation sites (tertiary alicyclic amines) is 1. The summed E-state index contributed by atoms with van der Waals surface area (Å²) in [5.74, 6) is -0.205. The molecule has 184 valence electrons. The Labute approximate surface area is 199 Å². The van der Waals surface area contributed by atoms with Crippen LogP contribution in [0.3, 0.4) is 0 Å². The zero-order chi connectivity index (χ0) is 25.0. The number of carbonyl (C=O) groups is 2. The first-order valence-corrected chi connectivity index (χ1v) is 11.0. The highest BCUT2D eigenvalue weighted by Crippen LogP contribution is 2.38. The van der Waals surface area contributed by atoms with Gasteiger partial charge < -0.3 is 19.5 Å². The Morgan fingerprint density at radius 3 is 2.66 bits per heavy atom. The van der Waals surface area contributed by atoms with E-state index < -0.39 is 23.7 Å². The van der Waals surface area contributed by atoms with E-state index in [0.29, 0.717) is 18.7 Å². The summed E-state index contributed by atoms with van der Waals surface area (Å²) in [5, 5.41) is 6.03. The zero-order valence-electron chi connectivity index (χ0n) is 18.8. The van der Waals surface area contributed by atoms with E-state index in [-0.39, 0.29) is 35.5 Å². The highest BCUT2D eigenvalue weighted by molar-refractivity contribution is 5.90. The van der Waals surface area contributed by atoms with E-state index in [0.717, 1.165) is 31.9 Å². The number of nitrogens with zero attached hydrogens (tertiary/aromatic N) is 3. The molecule has 2 aromatic carbocycles. The number of piperidine rings is 1. The van der Waals surface area contributed by atoms with E-state index >= 15 is 0 Å². The SMILES string of the molecule is CC(=O)Nc1ccc(-c2noc([C@H]3CCCCN3C(=O)COc3ccccc3)n2)cc1C(F)(F)F. The fourth-order valence-electron chi connectivity index (χ4n) is 3.94. The lowest BCUT2D eigenvalue weighted by molar-refractivity contribution is -0.138. The third kappa shape index (κ3) is 5.79. The van der Waals surface area contributed by atoms with Gasteiger partial charge in [-0.25, -0.2) is 0 Å². The van der Waals surface area contributed by atoms with Gasteiger partial charge in [0.2, 0.25) is 17.6 Å². The molecule has 8 nitrogen and oxygen atoms in total. The highest BCUT2D eigenvalue weighted by Gasteiger charge is 2.35. The Morgan fingerprint density at radius 1 is 1.17 bits per heavy atom. The van der Waals surface area contributed by atoms with Gasteiger partial charge in [-0.3, -0.25) is 9.59 Å². The fraction of sp³-hybridized carbons (Fsp3) is 0.333. The number of para-hydroxylation sites is 1. The molecule has 1 atom stereocenters. The zero-order valence-corrected chi connectivity index (χ0v) is 18.8. The van der Waals surface area contributed by atoms with Crippen molar-refractivity contribution in [2.24, 2.45) is 0 Å². The quantitative estimate of drug-likeness (QED) is 0.533. The van der Waals surface area contributed by atoms with E-state index in [1.165, 1.54) is 6.07 Å². The van der Waals surface area contributed by atoms with E-state index in [1.54, 1.807) is 29.2 Å². The number of alkyl halides is 3. The van der Waals surface area contributed by atoms with Crippen molar-refractivity contribution in [2.75, 3.05) is 18.5 Å². The number of aromatic nitrogens is 2. The van der Waals surface area contributed by atoms with Crippen LogP contribution in [0.2, 0.25) is 0 Å². The van der Waals surface area contributed by atoms with Gasteiger partial charge in [0.15, 0.2) is 6.61 Å². The molecule has 0 radical (unpaired) electrons. The van der Waals surface area contributed by atoms with E-state index in [9.17, 15) is 22.8 Å². The van der Waals surface area contributed by atoms with Crippen molar-refractivity contribution in [3.8, 4) is 17.1 Å². The average Bonchev–Trinajstić information content (AvgIpc) is 3.32. The number of anilines is 1. The van der Waals surface area contributed by atoms with E-state index in [4.69, 9.17) is 9.26 Å². The van der Waals surface area contributed by atoms with Crippen LogP contribution in [0.5, 0.6) is 5.75 Å². The Bertz CT molecular complexity index is 1200. The molecule has 2 heterocycles. The van der Waals surface area contributed by atoms with Gasteiger partial charge in [0.1, 0.15) is 11.8 Å². The number of carbonyl (C=O) groups excluding carboxylic acids is 2. The molecule has 0 saturated carbocycles. The molecule has 11 heteroatoms. The van der Waals surface area contributed by atoms with Crippen molar-refractivity contribution in [3.05, 3.63) is 60.0 Å². The second-order valence-electron chi connectivity index (χ2n) is 8.10. The van der Waals surface area contributed by atoms with Gasteiger partial charge in [-0.15, -0.1) is 0 Å². The number of rotatable bonds is 6. The maximum atomic E-state index is 13.6. The third-order valence-corrected chi connectivity index (χ3v) is 5.55. The monoisotopic (exact) mass is 488 g/mol. The van der Waals surface area contributed by atoms with Crippen molar-refractivity contribution in [2.45, 2.75) is 38.4 Å². The van der Waals surface area contributed by atoms with Gasteiger partial charge in [0.05, 0.1) is 11.3 Å². The summed E-state index contributed by atoms with van der Waals surface area (Å²) in [6.45, 7) is 1.44. The number of hydrogen-bond donors (Lipinski definition) is 1. The van der Waals surface area contributed by atoms with Gasteiger partial charge in [-0.1, -0.05) is 23.4 Å². The molecule has 35 heavy (non-hydrogen) atoms. The first-order valence-electron chi connectivity index (χ1n) is 11.0. The molecule has 0 bridgehead atoms. The van der Waals surface area contributed by atoms with Crippen molar-refractivity contribution in [1.82, 2.24) is 15.0 Å². The molecule has 1 N–H and O–H groups in total. The van der Waals surface area contributed by atoms with Crippen LogP contribution in [0.4, 0.5) is 18.9 Å². The fourth-order valence-corrected chi connectivity index (χ4v) is 3.94. The van der Waals surface area contributed by atoms with Crippen LogP contribution in [0, 0.1) is 0 Å². The van der Waals surface area contributed by atoms with Crippen LogP contribution in [0.1, 0.15) is 43.7 Å². The van der Waals surface area contributed by atoms with Crippen LogP contribution in [-0.2, 0) is 15.8 Å². The molecule has 4 rings (SSSR count). The Kier molecular flexibility index (Phi) is 7.04. The third-order valence-electron chi connectivity index (χ3n) is 5.55. The van der Waals surface area contributed by atoms with Crippen molar-refractivity contribution >= 4 is 17.5 Å². The molecule has 0 spiro atoms. The van der Waals surface area contributed by atoms with Crippen molar-refractivity contribution in [1.29, 1.82) is 0 Å². The molecule has 1 fully saturated rings. The topological polar surface area (TPSA) is 97.6 Å². The molecule has 1 aromatic heterocycles. The lowest BCUT2D eigenvalue weighted by atomic mass is 10.0. The van der Waals surface area contributed by atoms with Crippen molar-refractivity contribution < 1.29 is 32.0 Å². The first kappa shape index (κ1) is 24.2. The standard InChI is InChI=1S/C24H23F3N4O4/c1-15(32)28-19-11-10-16(13-18(19)24(25,26)27)22-29-23(35-30-22)20-9-5-6-12-31(20)21(33)14-34-17-7-3-2-4-8-17/h2-4,7-8,10-11,13,20H,5-6,9,12,14H2,1H3,(H,28,32)/t20-/m1/s1. The lowest BCUT2D eigenvalue weighted by Gasteiger charge is -2.33. The van der Waals surface area contributed by atoms with Gasteiger partial charge in [-0.2, -0.15) is 18.2 Å². The number of ether oxygens (including phenoxy) is 1. The minimum Gasteiger partial charge on any atom is -0.484 e. The minimum absolute atomic E-state index is 0.0432. The molecule has 1 aliphatic heterocycles. The number of benzene rings is 2. The maximum Gasteiger partial charge on any atom is 0.418 e. The summed E-state index contributed by atoms with van der Waals surface area (Å²) in [6.07, 6.45) is -2.50. The molecular formula is C24H23F3N4O4. The Hall–Kier alpha value is -3.89. The summed E-state index contributed by atoms with van der Waals surface area (Å²) in [7, 11) is 0. The van der Waals surface area contributed by atoms with Crippen LogP contribution >= 0.6 is 0 Å². The first-order chi connectivity index (χ1) is 16.7. The number of amides is 2. The highest BCUT2D eigenvalue weighted by atomic mass is 19.4. The molecule has 0 unspecified atom stereocenters. The van der Waals surface area contributed by atoms with Crippen LogP contribution in [0.15, 0.2) is 53.1 Å². The number of nitrogens with one attached hydrogen (secondary N) is 1. The minimum atomic E-state index is -4.70. The summed E-state index contributed by atoms with van der Waals surface area (Å²) >= 11 is 0. The van der Waals surface area contributed by atoms with Crippen LogP contribution in [0.25, 0.3) is 11.4 Å². The van der Waals surface area contributed by atoms with Gasteiger partial charge in [0, 0.05) is 19.0 Å². The largest absolute Gasteiger partial charge is 0.484 e. The van der Waals surface area contributed by atoms with Crippen LogP contribution in [-0.4, -0.2) is 40.0 Å². The molecular weight excluding hydrogens is 465 g/mol. The average molecular weight is 488 g/mol. The van der Waals surface area contributed by atoms with Gasteiger partial charge in [0.25, 0.3) is 5.91 Å². The van der Waals surface area contributed by atoms with Gasteiger partial charge in [-0.05, 0) is 49.6 Å². The van der Waals surface area contributed by atoms with Crippen molar-refractivity contribution in [3.63, 3.8) is 0 Å². The summed E-state index contributed by atoms with van der Waals surface area (Å²) in [6, 6.07) is 11.8. The van der Waals surface area contributed by atoms with Crippen LogP contribution < -0.4 is 10.1 Å². The Morgan fingerprint density at radius 2 is 1.94 bits per heavy atom. The lowest BCUT2D eigenvalue weighted by Crippen LogP contribution is -2.41. The normalized spacial score (nSPS) is 16.1. The predicted octanol–water partition coefficient (Wildman–Crippen LogP) is 4.85. The summed E-state index contributed by atoms with van der Waals surface area (Å²) < 4.78 is 51.6. The molecule has 1 saturated heterocycles. The smallest absolute Gasteiger partial charge is 0.418 e. The second kappa shape index (κ2) is 10.2. The molecule has 1 aliphatic rings. The molecule has 0 aliphatic carbocycles. The molecule has 3 aromatic rings. The van der Waals surface area contributed by atoms with Gasteiger partial charge >= 0.3 is 6.18 Å². The number of halogens is 3. The number of hydrogen-bond acceptors (Lipinski definition) is 6. The Balaban J connectivity index is 1.54.